The number of likely N-dealkylation sites (tertiary alicyclic amines) is 2. The molecule has 0 bridgehead atoms. The first kappa shape index (κ1) is 18.9. The fourth-order valence-corrected chi connectivity index (χ4v) is 6.60. The predicted molar refractivity (Wildman–Crippen MR) is 104 cm³/mol. The number of nitrogens with zero attached hydrogens (tertiary/aromatic N) is 3. The molecule has 3 saturated heterocycles. The molecule has 3 fully saturated rings. The number of aryl methyl sites for hydroxylation is 1. The van der Waals surface area contributed by atoms with E-state index in [-0.39, 0.29) is 10.8 Å². The van der Waals surface area contributed by atoms with Gasteiger partial charge >= 0.3 is 0 Å². The number of sulfonamides is 1. The molecule has 7 heteroatoms. The van der Waals surface area contributed by atoms with Gasteiger partial charge in [-0.2, -0.15) is 4.31 Å². The highest BCUT2D eigenvalue weighted by Crippen LogP contribution is 2.32. The van der Waals surface area contributed by atoms with Crippen LogP contribution in [-0.2, 0) is 10.0 Å². The molecule has 0 aromatic heterocycles. The summed E-state index contributed by atoms with van der Waals surface area (Å²) < 4.78 is 27.8. The van der Waals surface area contributed by atoms with E-state index in [2.05, 4.69) is 11.9 Å². The number of carbonyl (C=O) groups excluding carboxylic acids is 1. The van der Waals surface area contributed by atoms with Crippen LogP contribution < -0.4 is 0 Å². The van der Waals surface area contributed by atoms with Crippen LogP contribution in [0.4, 0.5) is 0 Å². The lowest BCUT2D eigenvalue weighted by atomic mass is 10.0. The van der Waals surface area contributed by atoms with Gasteiger partial charge in [0.1, 0.15) is 0 Å². The number of benzene rings is 1. The van der Waals surface area contributed by atoms with Gasteiger partial charge in [-0.15, -0.1) is 0 Å². The highest BCUT2D eigenvalue weighted by Gasteiger charge is 2.40. The molecular formula is C20H29N3O3S. The van der Waals surface area contributed by atoms with Crippen molar-refractivity contribution in [2.75, 3.05) is 46.3 Å². The van der Waals surface area contributed by atoms with Gasteiger partial charge in [-0.1, -0.05) is 12.5 Å². The van der Waals surface area contributed by atoms with E-state index in [1.165, 1.54) is 0 Å². The normalized spacial score (nSPS) is 27.1. The van der Waals surface area contributed by atoms with Gasteiger partial charge in [0.15, 0.2) is 0 Å². The largest absolute Gasteiger partial charge is 0.338 e. The Kier molecular flexibility index (Phi) is 5.03. The molecule has 1 amide bonds. The summed E-state index contributed by atoms with van der Waals surface area (Å²) in [5, 5.41) is 0. The van der Waals surface area contributed by atoms with Gasteiger partial charge in [-0.25, -0.2) is 8.42 Å². The summed E-state index contributed by atoms with van der Waals surface area (Å²) >= 11 is 0. The highest BCUT2D eigenvalue weighted by molar-refractivity contribution is 7.89. The summed E-state index contributed by atoms with van der Waals surface area (Å²) in [4.78, 5) is 17.5. The Balaban J connectivity index is 1.56. The van der Waals surface area contributed by atoms with Crippen LogP contribution in [-0.4, -0.2) is 74.7 Å². The number of amides is 1. The molecule has 0 N–H and O–H groups in total. The second-order valence-electron chi connectivity index (χ2n) is 8.40. The van der Waals surface area contributed by atoms with E-state index in [9.17, 15) is 13.2 Å². The second kappa shape index (κ2) is 7.18. The number of hydrogen-bond acceptors (Lipinski definition) is 4. The molecule has 27 heavy (non-hydrogen) atoms. The van der Waals surface area contributed by atoms with Crippen molar-refractivity contribution in [2.45, 2.75) is 31.1 Å². The molecule has 4 rings (SSSR count). The molecule has 1 aromatic carbocycles. The molecule has 1 aromatic rings. The van der Waals surface area contributed by atoms with Crippen molar-refractivity contribution in [3.63, 3.8) is 0 Å². The lowest BCUT2D eigenvalue weighted by molar-refractivity contribution is 0.0775. The van der Waals surface area contributed by atoms with Gasteiger partial charge < -0.3 is 9.80 Å². The summed E-state index contributed by atoms with van der Waals surface area (Å²) in [7, 11) is -1.41. The summed E-state index contributed by atoms with van der Waals surface area (Å²) in [5.41, 5.74) is 1.20. The lowest BCUT2D eigenvalue weighted by Crippen LogP contribution is -2.36. The monoisotopic (exact) mass is 391 g/mol. The quantitative estimate of drug-likeness (QED) is 0.788. The summed E-state index contributed by atoms with van der Waals surface area (Å²) in [6.45, 7) is 6.58. The maximum atomic E-state index is 13.1. The van der Waals surface area contributed by atoms with Gasteiger partial charge in [0, 0.05) is 44.8 Å². The molecular weight excluding hydrogens is 362 g/mol. The van der Waals surface area contributed by atoms with Gasteiger partial charge in [0.2, 0.25) is 10.0 Å². The van der Waals surface area contributed by atoms with Crippen molar-refractivity contribution < 1.29 is 13.2 Å². The number of carbonyl (C=O) groups is 1. The average Bonchev–Trinajstić information content (AvgIpc) is 3.19. The van der Waals surface area contributed by atoms with E-state index in [0.29, 0.717) is 36.1 Å². The minimum atomic E-state index is -3.54. The Bertz CT molecular complexity index is 819. The Hall–Kier alpha value is -1.44. The minimum Gasteiger partial charge on any atom is -0.338 e. The standard InChI is InChI=1S/C20H29N3O3S/c1-15-6-7-16(10-19(15)27(25,26)23-8-4-3-5-9-23)20(24)22-13-17-11-21(2)12-18(17)14-22/h6-7,10,17-18H,3-5,8-9,11-14H2,1-2H3/t17-,18+. The number of hydrogen-bond donors (Lipinski definition) is 0. The van der Waals surface area contributed by atoms with E-state index in [1.54, 1.807) is 29.4 Å². The van der Waals surface area contributed by atoms with Crippen LogP contribution in [0.2, 0.25) is 0 Å². The highest BCUT2D eigenvalue weighted by atomic mass is 32.2. The van der Waals surface area contributed by atoms with Crippen LogP contribution in [0, 0.1) is 18.8 Å². The Morgan fingerprint density at radius 2 is 1.63 bits per heavy atom. The van der Waals surface area contributed by atoms with Gasteiger partial charge in [-0.3, -0.25) is 4.79 Å². The number of piperidine rings is 1. The topological polar surface area (TPSA) is 60.9 Å². The van der Waals surface area contributed by atoms with Gasteiger partial charge in [-0.05, 0) is 56.3 Å². The fraction of sp³-hybridized carbons (Fsp3) is 0.650. The van der Waals surface area contributed by atoms with Crippen molar-refractivity contribution in [2.24, 2.45) is 11.8 Å². The van der Waals surface area contributed by atoms with E-state index in [1.807, 2.05) is 4.90 Å². The maximum absolute atomic E-state index is 13.1. The fourth-order valence-electron chi connectivity index (χ4n) is 4.83. The number of fused-ring (bicyclic) bond motifs is 1. The van der Waals surface area contributed by atoms with Crippen LogP contribution in [0.3, 0.4) is 0 Å². The molecule has 6 nitrogen and oxygen atoms in total. The third-order valence-electron chi connectivity index (χ3n) is 6.32. The van der Waals surface area contributed by atoms with Gasteiger partial charge in [0.05, 0.1) is 4.90 Å². The Morgan fingerprint density at radius 3 is 2.26 bits per heavy atom. The Labute approximate surface area is 162 Å². The van der Waals surface area contributed by atoms with Crippen molar-refractivity contribution >= 4 is 15.9 Å². The molecule has 2 atom stereocenters. The van der Waals surface area contributed by atoms with Crippen LogP contribution in [0.25, 0.3) is 0 Å². The van der Waals surface area contributed by atoms with Crippen LogP contribution in [0.1, 0.15) is 35.2 Å². The van der Waals surface area contributed by atoms with Crippen LogP contribution >= 0.6 is 0 Å². The zero-order valence-corrected chi connectivity index (χ0v) is 17.0. The van der Waals surface area contributed by atoms with Crippen molar-refractivity contribution in [3.8, 4) is 0 Å². The SMILES string of the molecule is Cc1ccc(C(=O)N2C[C@H]3CN(C)C[C@H]3C2)cc1S(=O)(=O)N1CCCCC1. The summed E-state index contributed by atoms with van der Waals surface area (Å²) in [5.74, 6) is 1.05. The van der Waals surface area contributed by atoms with Crippen molar-refractivity contribution in [3.05, 3.63) is 29.3 Å². The smallest absolute Gasteiger partial charge is 0.253 e. The van der Waals surface area contributed by atoms with Crippen LogP contribution in [0.15, 0.2) is 23.1 Å². The predicted octanol–water partition coefficient (Wildman–Crippen LogP) is 1.80. The third-order valence-corrected chi connectivity index (χ3v) is 8.36. The molecule has 148 valence electrons. The first-order chi connectivity index (χ1) is 12.9. The second-order valence-corrected chi connectivity index (χ2v) is 10.3. The van der Waals surface area contributed by atoms with E-state index >= 15 is 0 Å². The third kappa shape index (κ3) is 3.52. The molecule has 0 saturated carbocycles. The number of rotatable bonds is 3. The van der Waals surface area contributed by atoms with Crippen LogP contribution in [0.5, 0.6) is 0 Å². The maximum Gasteiger partial charge on any atom is 0.253 e. The average molecular weight is 392 g/mol. The van der Waals surface area contributed by atoms with Gasteiger partial charge in [0.25, 0.3) is 5.91 Å². The van der Waals surface area contributed by atoms with E-state index in [0.717, 1.165) is 45.4 Å². The first-order valence-electron chi connectivity index (χ1n) is 9.95. The van der Waals surface area contributed by atoms with E-state index < -0.39 is 10.0 Å². The lowest BCUT2D eigenvalue weighted by Gasteiger charge is -2.27. The van der Waals surface area contributed by atoms with Crippen molar-refractivity contribution in [1.82, 2.24) is 14.1 Å². The zero-order valence-electron chi connectivity index (χ0n) is 16.2. The molecule has 3 heterocycles. The Morgan fingerprint density at radius 1 is 1.00 bits per heavy atom. The minimum absolute atomic E-state index is 0.0397. The molecule has 3 aliphatic heterocycles. The summed E-state index contributed by atoms with van der Waals surface area (Å²) in [6.07, 6.45) is 2.89. The first-order valence-corrected chi connectivity index (χ1v) is 11.4. The molecule has 0 radical (unpaired) electrons. The molecule has 0 spiro atoms. The molecule has 3 aliphatic rings. The van der Waals surface area contributed by atoms with Crippen molar-refractivity contribution in [1.29, 1.82) is 0 Å². The summed E-state index contributed by atoms with van der Waals surface area (Å²) in [6, 6.07) is 5.14. The zero-order chi connectivity index (χ0) is 19.2. The molecule has 0 aliphatic carbocycles. The molecule has 0 unspecified atom stereocenters. The van der Waals surface area contributed by atoms with E-state index in [4.69, 9.17) is 0 Å².